The molecule has 0 aromatic heterocycles. The molecule has 5 nitrogen and oxygen atoms in total. The number of hydrogen-bond acceptors (Lipinski definition) is 3. The lowest BCUT2D eigenvalue weighted by Gasteiger charge is -2.21. The maximum Gasteiger partial charge on any atom is 0.247 e. The fourth-order valence-corrected chi connectivity index (χ4v) is 2.70. The van der Waals surface area contributed by atoms with Crippen LogP contribution in [0.4, 0.5) is 5.69 Å². The van der Waals surface area contributed by atoms with Crippen LogP contribution in [0.2, 0.25) is 0 Å². The summed E-state index contributed by atoms with van der Waals surface area (Å²) < 4.78 is 0. The van der Waals surface area contributed by atoms with Crippen molar-refractivity contribution in [2.45, 2.75) is 38.8 Å². The molecule has 2 rings (SSSR count). The third kappa shape index (κ3) is 6.33. The predicted octanol–water partition coefficient (Wildman–Crippen LogP) is 2.73. The molecule has 26 heavy (non-hydrogen) atoms. The molecule has 0 saturated heterocycles. The van der Waals surface area contributed by atoms with Crippen molar-refractivity contribution in [2.24, 2.45) is 11.7 Å². The lowest BCUT2D eigenvalue weighted by atomic mass is 10.0. The van der Waals surface area contributed by atoms with E-state index in [1.165, 1.54) is 0 Å². The zero-order chi connectivity index (χ0) is 18.9. The van der Waals surface area contributed by atoms with E-state index in [0.717, 1.165) is 5.56 Å². The van der Waals surface area contributed by atoms with Crippen LogP contribution in [0.1, 0.15) is 25.8 Å². The zero-order valence-corrected chi connectivity index (χ0v) is 15.3. The molecule has 2 aromatic rings. The molecular weight excluding hydrogens is 326 g/mol. The van der Waals surface area contributed by atoms with Gasteiger partial charge in [0.2, 0.25) is 11.8 Å². The van der Waals surface area contributed by atoms with Gasteiger partial charge in [-0.25, -0.2) is 0 Å². The van der Waals surface area contributed by atoms with E-state index in [1.807, 2.05) is 74.5 Å². The second-order valence-corrected chi connectivity index (χ2v) is 6.84. The molecule has 0 radical (unpaired) electrons. The first-order valence-electron chi connectivity index (χ1n) is 8.91. The Morgan fingerprint density at radius 1 is 0.923 bits per heavy atom. The Kier molecular flexibility index (Phi) is 7.36. The van der Waals surface area contributed by atoms with E-state index in [1.54, 1.807) is 0 Å². The van der Waals surface area contributed by atoms with Crippen molar-refractivity contribution in [3.8, 4) is 0 Å². The van der Waals surface area contributed by atoms with Crippen LogP contribution in [-0.4, -0.2) is 23.9 Å². The van der Waals surface area contributed by atoms with Gasteiger partial charge in [0, 0.05) is 12.1 Å². The monoisotopic (exact) mass is 353 g/mol. The second-order valence-electron chi connectivity index (χ2n) is 6.84. The first-order chi connectivity index (χ1) is 12.5. The summed E-state index contributed by atoms with van der Waals surface area (Å²) in [5.74, 6) is -0.255. The minimum atomic E-state index is -0.691. The first-order valence-corrected chi connectivity index (χ1v) is 8.91. The maximum absolute atomic E-state index is 12.7. The highest BCUT2D eigenvalue weighted by molar-refractivity contribution is 5.98. The Bertz CT molecular complexity index is 702. The number of benzene rings is 2. The van der Waals surface area contributed by atoms with Crippen molar-refractivity contribution in [3.63, 3.8) is 0 Å². The van der Waals surface area contributed by atoms with Crippen molar-refractivity contribution in [1.82, 2.24) is 5.32 Å². The Balaban J connectivity index is 2.10. The van der Waals surface area contributed by atoms with Crippen LogP contribution in [0.5, 0.6) is 0 Å². The van der Waals surface area contributed by atoms with Crippen molar-refractivity contribution in [2.75, 3.05) is 5.32 Å². The molecule has 5 heteroatoms. The van der Waals surface area contributed by atoms with Gasteiger partial charge in [0.15, 0.2) is 0 Å². The van der Waals surface area contributed by atoms with E-state index in [2.05, 4.69) is 10.6 Å². The first kappa shape index (κ1) is 19.7. The van der Waals surface area contributed by atoms with Crippen molar-refractivity contribution in [1.29, 1.82) is 0 Å². The van der Waals surface area contributed by atoms with Crippen LogP contribution in [0, 0.1) is 5.92 Å². The van der Waals surface area contributed by atoms with E-state index < -0.39 is 12.1 Å². The molecule has 0 aliphatic carbocycles. The third-order valence-electron chi connectivity index (χ3n) is 4.02. The number of amides is 2. The summed E-state index contributed by atoms with van der Waals surface area (Å²) >= 11 is 0. The highest BCUT2D eigenvalue weighted by Gasteiger charge is 2.24. The summed E-state index contributed by atoms with van der Waals surface area (Å²) in [6, 6.07) is 17.5. The molecule has 2 aromatic carbocycles. The molecule has 0 spiro atoms. The Morgan fingerprint density at radius 2 is 1.50 bits per heavy atom. The number of anilines is 1. The number of rotatable bonds is 8. The van der Waals surface area contributed by atoms with Crippen LogP contribution in [0.15, 0.2) is 60.7 Å². The molecule has 0 saturated carbocycles. The Labute approximate surface area is 155 Å². The molecule has 2 amide bonds. The standard InChI is InChI=1S/C21H27N3O2/c1-15(2)13-18(22)20(25)24-19(14-16-9-5-3-6-10-16)21(26)23-17-11-7-4-8-12-17/h3-12,15,18-19H,13-14,22H2,1-2H3,(H,23,26)(H,24,25)/t18-,19+/m1/s1. The summed E-state index contributed by atoms with van der Waals surface area (Å²) in [5.41, 5.74) is 7.63. The van der Waals surface area contributed by atoms with E-state index in [-0.39, 0.29) is 11.8 Å². The van der Waals surface area contributed by atoms with Gasteiger partial charge in [0.25, 0.3) is 0 Å². The number of hydrogen-bond donors (Lipinski definition) is 3. The predicted molar refractivity (Wildman–Crippen MR) is 105 cm³/mol. The molecule has 0 bridgehead atoms. The molecule has 0 heterocycles. The van der Waals surface area contributed by atoms with Crippen LogP contribution < -0.4 is 16.4 Å². The van der Waals surface area contributed by atoms with Gasteiger partial charge in [-0.1, -0.05) is 62.4 Å². The van der Waals surface area contributed by atoms with E-state index in [0.29, 0.717) is 24.4 Å². The van der Waals surface area contributed by atoms with Crippen LogP contribution in [0.25, 0.3) is 0 Å². The smallest absolute Gasteiger partial charge is 0.247 e. The Morgan fingerprint density at radius 3 is 2.08 bits per heavy atom. The molecule has 0 aliphatic rings. The van der Waals surface area contributed by atoms with Gasteiger partial charge >= 0.3 is 0 Å². The lowest BCUT2D eigenvalue weighted by Crippen LogP contribution is -2.51. The van der Waals surface area contributed by atoms with E-state index in [9.17, 15) is 9.59 Å². The topological polar surface area (TPSA) is 84.2 Å². The van der Waals surface area contributed by atoms with Gasteiger partial charge in [-0.2, -0.15) is 0 Å². The average Bonchev–Trinajstić information content (AvgIpc) is 2.62. The van der Waals surface area contributed by atoms with Gasteiger partial charge in [0.1, 0.15) is 6.04 Å². The second kappa shape index (κ2) is 9.73. The lowest BCUT2D eigenvalue weighted by molar-refractivity contribution is -0.127. The molecular formula is C21H27N3O2. The summed E-state index contributed by atoms with van der Waals surface area (Å²) in [6.07, 6.45) is 0.976. The molecule has 0 fully saturated rings. The fraction of sp³-hybridized carbons (Fsp3) is 0.333. The van der Waals surface area contributed by atoms with Crippen molar-refractivity contribution >= 4 is 17.5 Å². The number of carbonyl (C=O) groups is 2. The van der Waals surface area contributed by atoms with E-state index >= 15 is 0 Å². The van der Waals surface area contributed by atoms with Gasteiger partial charge in [-0.05, 0) is 30.0 Å². The average molecular weight is 353 g/mol. The SMILES string of the molecule is CC(C)C[C@@H](N)C(=O)N[C@@H](Cc1ccccc1)C(=O)Nc1ccccc1. The normalized spacial score (nSPS) is 13.1. The minimum Gasteiger partial charge on any atom is -0.343 e. The van der Waals surface area contributed by atoms with Crippen LogP contribution in [0.3, 0.4) is 0 Å². The highest BCUT2D eigenvalue weighted by atomic mass is 16.2. The number of carbonyl (C=O) groups excluding carboxylic acids is 2. The summed E-state index contributed by atoms with van der Waals surface area (Å²) in [4.78, 5) is 25.2. The molecule has 2 atom stereocenters. The quantitative estimate of drug-likeness (QED) is 0.682. The van der Waals surface area contributed by atoms with Gasteiger partial charge in [-0.3, -0.25) is 9.59 Å². The molecule has 138 valence electrons. The molecule has 0 unspecified atom stereocenters. The molecule has 4 N–H and O–H groups in total. The van der Waals surface area contributed by atoms with Gasteiger partial charge in [-0.15, -0.1) is 0 Å². The maximum atomic E-state index is 12.7. The third-order valence-corrected chi connectivity index (χ3v) is 4.02. The Hall–Kier alpha value is -2.66. The number of para-hydroxylation sites is 1. The van der Waals surface area contributed by atoms with Crippen LogP contribution in [-0.2, 0) is 16.0 Å². The van der Waals surface area contributed by atoms with Crippen LogP contribution >= 0.6 is 0 Å². The van der Waals surface area contributed by atoms with Crippen molar-refractivity contribution < 1.29 is 9.59 Å². The van der Waals surface area contributed by atoms with Gasteiger partial charge < -0.3 is 16.4 Å². The van der Waals surface area contributed by atoms with Gasteiger partial charge in [0.05, 0.1) is 6.04 Å². The largest absolute Gasteiger partial charge is 0.343 e. The summed E-state index contributed by atoms with van der Waals surface area (Å²) in [7, 11) is 0. The molecule has 0 aliphatic heterocycles. The zero-order valence-electron chi connectivity index (χ0n) is 15.3. The highest BCUT2D eigenvalue weighted by Crippen LogP contribution is 2.10. The number of nitrogens with two attached hydrogens (primary N) is 1. The van der Waals surface area contributed by atoms with E-state index in [4.69, 9.17) is 5.73 Å². The fourth-order valence-electron chi connectivity index (χ4n) is 2.70. The summed E-state index contributed by atoms with van der Waals surface area (Å²) in [5, 5.41) is 5.67. The summed E-state index contributed by atoms with van der Waals surface area (Å²) in [6.45, 7) is 4.02. The minimum absolute atomic E-state index is 0.259. The number of nitrogens with one attached hydrogen (secondary N) is 2. The van der Waals surface area contributed by atoms with Crippen molar-refractivity contribution in [3.05, 3.63) is 66.2 Å².